The van der Waals surface area contributed by atoms with Crippen molar-refractivity contribution >= 4 is 0 Å². The summed E-state index contributed by atoms with van der Waals surface area (Å²) in [6, 6.07) is 1.39. The second kappa shape index (κ2) is 2.47. The molecule has 0 aromatic heterocycles. The topological polar surface area (TPSA) is 96.7 Å². The number of aromatic nitrogens is 1. The molecule has 1 aliphatic heterocycles. The third kappa shape index (κ3) is 0.891. The molecule has 1 heterocycles. The van der Waals surface area contributed by atoms with E-state index in [1.54, 1.807) is 6.92 Å². The first-order chi connectivity index (χ1) is 6.52. The van der Waals surface area contributed by atoms with E-state index >= 15 is 0 Å². The molecule has 1 aliphatic carbocycles. The molecule has 0 atom stereocenters. The Bertz CT molecular complexity index is 475. The van der Waals surface area contributed by atoms with Gasteiger partial charge in [-0.2, -0.15) is 0 Å². The van der Waals surface area contributed by atoms with Gasteiger partial charge in [0.2, 0.25) is 5.75 Å². The Morgan fingerprint density at radius 1 is 1.00 bits per heavy atom. The van der Waals surface area contributed by atoms with E-state index in [1.807, 2.05) is 0 Å². The molecular weight excluding hydrogens is 186 g/mol. The molecule has 0 aromatic carbocycles. The first-order valence-electron chi connectivity index (χ1n) is 3.97. The summed E-state index contributed by atoms with van der Waals surface area (Å²) in [6.07, 6.45) is 0. The number of rotatable bonds is 0. The van der Waals surface area contributed by atoms with Crippen molar-refractivity contribution < 1.29 is 20.4 Å². The predicted molar refractivity (Wildman–Crippen MR) is 48.8 cm³/mol. The fourth-order valence-corrected chi connectivity index (χ4v) is 1.47. The van der Waals surface area contributed by atoms with Crippen LogP contribution in [0.5, 0.6) is 23.0 Å². The van der Waals surface area contributed by atoms with Crippen molar-refractivity contribution in [3.63, 3.8) is 0 Å². The molecule has 74 valence electrons. The third-order valence-electron chi connectivity index (χ3n) is 2.10. The monoisotopic (exact) mass is 195 g/mol. The van der Waals surface area contributed by atoms with Gasteiger partial charge >= 0.3 is 0 Å². The van der Waals surface area contributed by atoms with Crippen LogP contribution in [0.2, 0.25) is 0 Å². The zero-order valence-electron chi connectivity index (χ0n) is 7.37. The van der Waals surface area contributed by atoms with Gasteiger partial charge in [0.25, 0.3) is 0 Å². The van der Waals surface area contributed by atoms with Gasteiger partial charge in [-0.15, -0.1) is 0 Å². The molecular formula is C9H9NO4. The van der Waals surface area contributed by atoms with Crippen LogP contribution < -0.4 is 0 Å². The first kappa shape index (κ1) is 8.55. The number of H-pyrrole nitrogens is 1. The molecule has 14 heavy (non-hydrogen) atoms. The van der Waals surface area contributed by atoms with Crippen LogP contribution in [-0.4, -0.2) is 25.4 Å². The summed E-state index contributed by atoms with van der Waals surface area (Å²) in [6.45, 7) is 1.68. The van der Waals surface area contributed by atoms with Crippen LogP contribution in [-0.2, 0) is 0 Å². The average molecular weight is 195 g/mol. The maximum Gasteiger partial charge on any atom is 0.203 e. The first-order valence-corrected chi connectivity index (χ1v) is 3.97. The van der Waals surface area contributed by atoms with E-state index in [9.17, 15) is 20.4 Å². The Labute approximate surface area is 79.2 Å². The van der Waals surface area contributed by atoms with E-state index in [-0.39, 0.29) is 17.0 Å². The molecule has 0 aromatic rings. The molecule has 2 rings (SSSR count). The maximum absolute atomic E-state index is 9.47. The molecule has 0 unspecified atom stereocenters. The maximum atomic E-state index is 9.47. The minimum atomic E-state index is -0.628. The number of hydrogen-bond donors (Lipinski definition) is 5. The molecule has 0 spiro atoms. The molecule has 0 fully saturated rings. The van der Waals surface area contributed by atoms with Crippen LogP contribution in [0.15, 0.2) is 6.07 Å². The Hall–Kier alpha value is -2.04. The third-order valence-corrected chi connectivity index (χ3v) is 2.10. The number of aromatic hydroxyl groups is 4. The summed E-state index contributed by atoms with van der Waals surface area (Å²) in [4.78, 5) is 2.73. The molecule has 0 saturated heterocycles. The number of aromatic amines is 1. The minimum Gasteiger partial charge on any atom is -0.507 e. The number of fused-ring (bicyclic) bond motifs is 1. The van der Waals surface area contributed by atoms with Crippen molar-refractivity contribution in [3.8, 4) is 34.3 Å². The summed E-state index contributed by atoms with van der Waals surface area (Å²) in [5.74, 6) is -1.80. The highest BCUT2D eigenvalue weighted by Crippen LogP contribution is 2.53. The Morgan fingerprint density at radius 3 is 2.29 bits per heavy atom. The van der Waals surface area contributed by atoms with Crippen molar-refractivity contribution in [2.45, 2.75) is 6.92 Å². The zero-order chi connectivity index (χ0) is 10.5. The van der Waals surface area contributed by atoms with E-state index in [1.165, 1.54) is 6.07 Å². The second-order valence-electron chi connectivity index (χ2n) is 3.13. The van der Waals surface area contributed by atoms with E-state index in [0.29, 0.717) is 5.69 Å². The highest BCUT2D eigenvalue weighted by atomic mass is 16.3. The fourth-order valence-electron chi connectivity index (χ4n) is 1.47. The Morgan fingerprint density at radius 2 is 1.64 bits per heavy atom. The van der Waals surface area contributed by atoms with Gasteiger partial charge in [-0.1, -0.05) is 0 Å². The van der Waals surface area contributed by atoms with Gasteiger partial charge < -0.3 is 25.4 Å². The highest BCUT2D eigenvalue weighted by molar-refractivity contribution is 5.87. The van der Waals surface area contributed by atoms with Gasteiger partial charge in [-0.25, -0.2) is 0 Å². The van der Waals surface area contributed by atoms with Crippen molar-refractivity contribution in [3.05, 3.63) is 11.8 Å². The summed E-state index contributed by atoms with van der Waals surface area (Å²) >= 11 is 0. The molecule has 0 saturated carbocycles. The lowest BCUT2D eigenvalue weighted by Crippen LogP contribution is -1.86. The van der Waals surface area contributed by atoms with Gasteiger partial charge in [0.1, 0.15) is 5.75 Å². The van der Waals surface area contributed by atoms with Crippen molar-refractivity contribution in [2.24, 2.45) is 0 Å². The van der Waals surface area contributed by atoms with E-state index in [0.717, 1.165) is 0 Å². The lowest BCUT2D eigenvalue weighted by atomic mass is 10.2. The lowest BCUT2D eigenvalue weighted by molar-refractivity contribution is 0.377. The normalized spacial score (nSPS) is 10.9. The molecule has 0 radical (unpaired) electrons. The molecule has 0 amide bonds. The van der Waals surface area contributed by atoms with Crippen LogP contribution in [0.25, 0.3) is 11.3 Å². The predicted octanol–water partition coefficient (Wildman–Crippen LogP) is 1.25. The van der Waals surface area contributed by atoms with Crippen LogP contribution in [0.3, 0.4) is 0 Å². The Balaban J connectivity index is 2.92. The van der Waals surface area contributed by atoms with Gasteiger partial charge in [0.15, 0.2) is 11.5 Å². The SMILES string of the molecule is Cc1cc(O)c2c(O)c(O)c(O)c-2[nH]1. The number of pyridine rings is 1. The highest BCUT2D eigenvalue weighted by Gasteiger charge is 2.26. The van der Waals surface area contributed by atoms with Crippen molar-refractivity contribution in [1.29, 1.82) is 0 Å². The standard InChI is InChI=1S/C9H9NO4/c1-3-2-4(11)5-6(10-3)8(13)9(14)7(5)12/h2,10-14H,1H3. The Kier molecular flexibility index (Phi) is 1.51. The van der Waals surface area contributed by atoms with Crippen LogP contribution in [0.4, 0.5) is 0 Å². The van der Waals surface area contributed by atoms with Gasteiger partial charge in [0, 0.05) is 5.69 Å². The van der Waals surface area contributed by atoms with Gasteiger partial charge in [-0.3, -0.25) is 0 Å². The summed E-state index contributed by atoms with van der Waals surface area (Å²) in [7, 11) is 0. The summed E-state index contributed by atoms with van der Waals surface area (Å²) in [5.41, 5.74) is 0.749. The van der Waals surface area contributed by atoms with Crippen LogP contribution in [0.1, 0.15) is 5.69 Å². The molecule has 5 heteroatoms. The van der Waals surface area contributed by atoms with E-state index in [4.69, 9.17) is 0 Å². The molecule has 2 aliphatic rings. The molecule has 5 N–H and O–H groups in total. The van der Waals surface area contributed by atoms with Crippen LogP contribution in [0, 0.1) is 6.92 Å². The number of nitrogens with one attached hydrogen (secondary N) is 1. The molecule has 5 nitrogen and oxygen atoms in total. The van der Waals surface area contributed by atoms with Crippen LogP contribution >= 0.6 is 0 Å². The number of aryl methyl sites for hydroxylation is 1. The van der Waals surface area contributed by atoms with Gasteiger partial charge in [0.05, 0.1) is 11.3 Å². The average Bonchev–Trinajstić information content (AvgIpc) is 2.31. The minimum absolute atomic E-state index is 0.0191. The summed E-state index contributed by atoms with van der Waals surface area (Å²) in [5, 5.41) is 37.4. The zero-order valence-corrected chi connectivity index (χ0v) is 7.37. The van der Waals surface area contributed by atoms with Gasteiger partial charge in [-0.05, 0) is 13.0 Å². The lowest BCUT2D eigenvalue weighted by Gasteiger charge is -2.05. The van der Waals surface area contributed by atoms with Crippen molar-refractivity contribution in [1.82, 2.24) is 4.98 Å². The number of hydrogen-bond acceptors (Lipinski definition) is 4. The molecule has 0 bridgehead atoms. The summed E-state index contributed by atoms with van der Waals surface area (Å²) < 4.78 is 0. The fraction of sp³-hybridized carbons (Fsp3) is 0.111. The largest absolute Gasteiger partial charge is 0.507 e. The van der Waals surface area contributed by atoms with E-state index < -0.39 is 17.2 Å². The quantitative estimate of drug-likeness (QED) is 0.437. The smallest absolute Gasteiger partial charge is 0.203 e. The van der Waals surface area contributed by atoms with Crippen molar-refractivity contribution in [2.75, 3.05) is 0 Å². The second-order valence-corrected chi connectivity index (χ2v) is 3.13. The van der Waals surface area contributed by atoms with E-state index in [2.05, 4.69) is 4.98 Å².